The lowest BCUT2D eigenvalue weighted by Crippen LogP contribution is -2.45. The highest BCUT2D eigenvalue weighted by Gasteiger charge is 2.33. The first-order valence-corrected chi connectivity index (χ1v) is 9.57. The van der Waals surface area contributed by atoms with Crippen LogP contribution in [0.4, 0.5) is 11.4 Å². The Bertz CT molecular complexity index is 706. The van der Waals surface area contributed by atoms with Gasteiger partial charge in [-0.3, -0.25) is 10.1 Å². The number of nitrogens with one attached hydrogen (secondary N) is 1. The monoisotopic (exact) mass is 373 g/mol. The van der Waals surface area contributed by atoms with Gasteiger partial charge in [-0.1, -0.05) is 0 Å². The fourth-order valence-corrected chi connectivity index (χ4v) is 4.61. The Morgan fingerprint density at radius 2 is 2.12 bits per heavy atom. The Morgan fingerprint density at radius 1 is 1.46 bits per heavy atom. The molecule has 0 bridgehead atoms. The molecule has 0 saturated carbocycles. The van der Waals surface area contributed by atoms with Crippen LogP contribution in [0.15, 0.2) is 24.3 Å². The fraction of sp³-hybridized carbons (Fsp3) is 0.500. The summed E-state index contributed by atoms with van der Waals surface area (Å²) in [4.78, 5) is 12.0. The topological polar surface area (TPSA) is 102 Å². The molecule has 1 aromatic rings. The molecule has 10 heteroatoms. The van der Waals surface area contributed by atoms with E-state index in [1.165, 1.54) is 12.1 Å². The van der Waals surface area contributed by atoms with E-state index >= 15 is 0 Å². The van der Waals surface area contributed by atoms with Gasteiger partial charge in [0.15, 0.2) is 14.9 Å². The van der Waals surface area contributed by atoms with Crippen molar-refractivity contribution in [3.63, 3.8) is 0 Å². The molecule has 2 rings (SSSR count). The lowest BCUT2D eigenvalue weighted by molar-refractivity contribution is -0.384. The molecule has 1 aromatic carbocycles. The predicted octanol–water partition coefficient (Wildman–Crippen LogP) is 1.43. The molecule has 8 nitrogen and oxygen atoms in total. The number of anilines is 1. The van der Waals surface area contributed by atoms with Crippen molar-refractivity contribution < 1.29 is 18.1 Å². The summed E-state index contributed by atoms with van der Waals surface area (Å²) in [5.74, 6) is 0.222. The number of rotatable bonds is 6. The average Bonchev–Trinajstić information content (AvgIpc) is 2.88. The molecule has 0 aliphatic carbocycles. The van der Waals surface area contributed by atoms with E-state index in [2.05, 4.69) is 5.32 Å². The van der Waals surface area contributed by atoms with Gasteiger partial charge in [-0.05, 0) is 30.8 Å². The van der Waals surface area contributed by atoms with Crippen LogP contribution in [0.5, 0.6) is 0 Å². The van der Waals surface area contributed by atoms with Crippen LogP contribution in [0.25, 0.3) is 0 Å². The van der Waals surface area contributed by atoms with Crippen molar-refractivity contribution in [2.24, 2.45) is 0 Å². The summed E-state index contributed by atoms with van der Waals surface area (Å²) >= 11 is 5.40. The molecular formula is C14H19N3O5S2. The maximum atomic E-state index is 11.7. The van der Waals surface area contributed by atoms with Crippen molar-refractivity contribution in [1.29, 1.82) is 0 Å². The second-order valence-electron chi connectivity index (χ2n) is 5.48. The van der Waals surface area contributed by atoms with E-state index in [-0.39, 0.29) is 23.2 Å². The quantitative estimate of drug-likeness (QED) is 0.454. The first-order valence-electron chi connectivity index (χ1n) is 7.34. The maximum Gasteiger partial charge on any atom is 0.269 e. The fourth-order valence-electron chi connectivity index (χ4n) is 2.52. The lowest BCUT2D eigenvalue weighted by atomic mass is 10.2. The number of thiocarbonyl (C=S) groups is 1. The Kier molecular flexibility index (Phi) is 6.08. The van der Waals surface area contributed by atoms with Crippen molar-refractivity contribution in [1.82, 2.24) is 4.90 Å². The molecule has 0 unspecified atom stereocenters. The number of ether oxygens (including phenoxy) is 1. The van der Waals surface area contributed by atoms with E-state index in [0.717, 1.165) is 0 Å². The van der Waals surface area contributed by atoms with E-state index < -0.39 is 14.8 Å². The van der Waals surface area contributed by atoms with Crippen molar-refractivity contribution in [3.05, 3.63) is 34.4 Å². The molecule has 24 heavy (non-hydrogen) atoms. The minimum Gasteiger partial charge on any atom is -0.383 e. The van der Waals surface area contributed by atoms with Crippen LogP contribution in [0.3, 0.4) is 0 Å². The second-order valence-corrected chi connectivity index (χ2v) is 8.09. The normalized spacial score (nSPS) is 19.0. The van der Waals surface area contributed by atoms with Crippen molar-refractivity contribution in [2.75, 3.05) is 37.1 Å². The summed E-state index contributed by atoms with van der Waals surface area (Å²) in [7, 11) is -1.47. The van der Waals surface area contributed by atoms with Crippen molar-refractivity contribution in [2.45, 2.75) is 12.5 Å². The van der Waals surface area contributed by atoms with E-state index in [1.54, 1.807) is 19.2 Å². The van der Waals surface area contributed by atoms with E-state index in [9.17, 15) is 18.5 Å². The number of nitrogens with zero attached hydrogens (tertiary/aromatic N) is 2. The zero-order valence-corrected chi connectivity index (χ0v) is 14.8. The Labute approximate surface area is 145 Å². The van der Waals surface area contributed by atoms with Gasteiger partial charge in [0.05, 0.1) is 23.0 Å². The average molecular weight is 373 g/mol. The van der Waals surface area contributed by atoms with Crippen molar-refractivity contribution in [3.8, 4) is 0 Å². The highest BCUT2D eigenvalue weighted by molar-refractivity contribution is 7.91. The molecule has 1 aliphatic rings. The molecule has 132 valence electrons. The minimum absolute atomic E-state index is 0.00964. The number of nitro benzene ring substituents is 1. The standard InChI is InChI=1S/C14H19N3O5S2/c1-22-8-7-16(13-6-9-24(20,21)10-13)14(23)15-11-2-4-12(5-3-11)17(18)19/h2-5,13H,6-10H2,1H3,(H,15,23)/t13-/m1/s1. The first-order chi connectivity index (χ1) is 11.3. The van der Waals surface area contributed by atoms with E-state index in [0.29, 0.717) is 30.4 Å². The van der Waals surface area contributed by atoms with Gasteiger partial charge in [0, 0.05) is 37.5 Å². The van der Waals surface area contributed by atoms with Crippen LogP contribution >= 0.6 is 12.2 Å². The van der Waals surface area contributed by atoms with E-state index in [1.807, 2.05) is 4.90 Å². The molecule has 1 atom stereocenters. The van der Waals surface area contributed by atoms with Gasteiger partial charge < -0.3 is 15.0 Å². The maximum absolute atomic E-state index is 11.7. The van der Waals surface area contributed by atoms with Crippen LogP contribution in [0, 0.1) is 10.1 Å². The highest BCUT2D eigenvalue weighted by Crippen LogP contribution is 2.20. The lowest BCUT2D eigenvalue weighted by Gasteiger charge is -2.30. The number of sulfone groups is 1. The highest BCUT2D eigenvalue weighted by atomic mass is 32.2. The molecule has 0 aromatic heterocycles. The molecular weight excluding hydrogens is 354 g/mol. The molecule has 1 heterocycles. The summed E-state index contributed by atoms with van der Waals surface area (Å²) in [6, 6.07) is 5.69. The van der Waals surface area contributed by atoms with Crippen LogP contribution in [0.1, 0.15) is 6.42 Å². The molecule has 1 fully saturated rings. The summed E-state index contributed by atoms with van der Waals surface area (Å²) in [6.07, 6.45) is 0.522. The van der Waals surface area contributed by atoms with Gasteiger partial charge in [-0.2, -0.15) is 0 Å². The molecule has 1 saturated heterocycles. The Hall–Kier alpha value is -1.78. The molecule has 0 radical (unpaired) electrons. The van der Waals surface area contributed by atoms with Gasteiger partial charge in [-0.25, -0.2) is 8.42 Å². The zero-order valence-electron chi connectivity index (χ0n) is 13.2. The SMILES string of the molecule is COCCN(C(=S)Nc1ccc([N+](=O)[O-])cc1)[C@@H]1CCS(=O)(=O)C1. The smallest absolute Gasteiger partial charge is 0.269 e. The van der Waals surface area contributed by atoms with Crippen LogP contribution in [-0.4, -0.2) is 61.2 Å². The largest absolute Gasteiger partial charge is 0.383 e. The molecule has 0 amide bonds. The number of hydrogen-bond donors (Lipinski definition) is 1. The number of benzene rings is 1. The van der Waals surface area contributed by atoms with Crippen LogP contribution in [0.2, 0.25) is 0 Å². The first kappa shape index (κ1) is 18.6. The molecule has 1 N–H and O–H groups in total. The van der Waals surface area contributed by atoms with Gasteiger partial charge >= 0.3 is 0 Å². The van der Waals surface area contributed by atoms with Crippen molar-refractivity contribution >= 4 is 38.5 Å². The number of methoxy groups -OCH3 is 1. The second kappa shape index (κ2) is 7.86. The summed E-state index contributed by atoms with van der Waals surface area (Å²) in [5, 5.41) is 14.1. The van der Waals surface area contributed by atoms with Crippen LogP contribution in [-0.2, 0) is 14.6 Å². The third-order valence-corrected chi connectivity index (χ3v) is 5.86. The zero-order chi connectivity index (χ0) is 17.7. The van der Waals surface area contributed by atoms with Gasteiger partial charge in [-0.15, -0.1) is 0 Å². The summed E-state index contributed by atoms with van der Waals surface area (Å²) in [5.41, 5.74) is 0.596. The minimum atomic E-state index is -3.03. The number of non-ortho nitro benzene ring substituents is 1. The summed E-state index contributed by atoms with van der Waals surface area (Å²) in [6.45, 7) is 0.883. The molecule has 0 spiro atoms. The Morgan fingerprint density at radius 3 is 2.62 bits per heavy atom. The van der Waals surface area contributed by atoms with Gasteiger partial charge in [0.25, 0.3) is 5.69 Å². The Balaban J connectivity index is 2.08. The number of nitro groups is 1. The third kappa shape index (κ3) is 4.86. The predicted molar refractivity (Wildman–Crippen MR) is 95.0 cm³/mol. The summed E-state index contributed by atoms with van der Waals surface area (Å²) < 4.78 is 28.5. The number of hydrogen-bond acceptors (Lipinski definition) is 6. The van der Waals surface area contributed by atoms with Gasteiger partial charge in [0.1, 0.15) is 0 Å². The van der Waals surface area contributed by atoms with Gasteiger partial charge in [0.2, 0.25) is 0 Å². The van der Waals surface area contributed by atoms with Crippen LogP contribution < -0.4 is 5.32 Å². The third-order valence-electron chi connectivity index (χ3n) is 3.78. The van der Waals surface area contributed by atoms with E-state index in [4.69, 9.17) is 17.0 Å². The molecule has 1 aliphatic heterocycles.